The predicted molar refractivity (Wildman–Crippen MR) is 97.0 cm³/mol. The van der Waals surface area contributed by atoms with Gasteiger partial charge in [-0.3, -0.25) is 9.59 Å². The van der Waals surface area contributed by atoms with E-state index in [9.17, 15) is 19.8 Å². The van der Waals surface area contributed by atoms with Crippen LogP contribution in [0.1, 0.15) is 51.9 Å². The van der Waals surface area contributed by atoms with Crippen LogP contribution in [0.15, 0.2) is 36.5 Å². The third-order valence-corrected chi connectivity index (χ3v) is 4.39. The first kappa shape index (κ1) is 21.3. The number of carboxylic acids is 1. The lowest BCUT2D eigenvalue weighted by molar-refractivity contribution is -0.137. The highest BCUT2D eigenvalue weighted by molar-refractivity contribution is 5.86. The van der Waals surface area contributed by atoms with Gasteiger partial charge in [-0.2, -0.15) is 0 Å². The lowest BCUT2D eigenvalue weighted by Crippen LogP contribution is -2.19. The number of ketones is 1. The fourth-order valence-corrected chi connectivity index (χ4v) is 3.00. The summed E-state index contributed by atoms with van der Waals surface area (Å²) >= 11 is 0. The fraction of sp³-hybridized carbons (Fsp3) is 0.600. The van der Waals surface area contributed by atoms with Crippen molar-refractivity contribution in [2.75, 3.05) is 0 Å². The number of carbonyl (C=O) groups is 2. The van der Waals surface area contributed by atoms with Gasteiger partial charge >= 0.3 is 5.97 Å². The molecule has 0 radical (unpaired) electrons. The van der Waals surface area contributed by atoms with E-state index < -0.39 is 18.2 Å². The molecule has 3 N–H and O–H groups in total. The second-order valence-corrected chi connectivity index (χ2v) is 6.49. The van der Waals surface area contributed by atoms with Gasteiger partial charge in [0, 0.05) is 24.7 Å². The van der Waals surface area contributed by atoms with Crippen LogP contribution in [-0.2, 0) is 9.59 Å². The molecule has 1 aliphatic rings. The average Bonchev–Trinajstić information content (AvgIpc) is 2.82. The van der Waals surface area contributed by atoms with E-state index >= 15 is 0 Å². The van der Waals surface area contributed by atoms with Gasteiger partial charge in [-0.05, 0) is 32.1 Å². The Morgan fingerprint density at radius 2 is 2.04 bits per heavy atom. The molecule has 0 unspecified atom stereocenters. The average molecular weight is 350 g/mol. The Kier molecular flexibility index (Phi) is 10.0. The molecule has 1 saturated carbocycles. The van der Waals surface area contributed by atoms with Gasteiger partial charge in [-0.1, -0.05) is 43.4 Å². The second kappa shape index (κ2) is 11.8. The molecule has 5 heteroatoms. The number of aliphatic hydroxyl groups is 2. The summed E-state index contributed by atoms with van der Waals surface area (Å²) in [6, 6.07) is 0. The van der Waals surface area contributed by atoms with Crippen LogP contribution in [0.3, 0.4) is 0 Å². The Morgan fingerprint density at radius 1 is 1.28 bits per heavy atom. The maximum atomic E-state index is 12.1. The summed E-state index contributed by atoms with van der Waals surface area (Å²) in [5, 5.41) is 28.6. The molecule has 140 valence electrons. The van der Waals surface area contributed by atoms with Crippen molar-refractivity contribution in [1.29, 1.82) is 0 Å². The number of allylic oxidation sites excluding steroid dienone is 4. The van der Waals surface area contributed by atoms with Crippen molar-refractivity contribution in [1.82, 2.24) is 0 Å². The van der Waals surface area contributed by atoms with E-state index in [1.807, 2.05) is 31.2 Å². The molecule has 1 rings (SSSR count). The highest BCUT2D eigenvalue weighted by atomic mass is 16.4. The van der Waals surface area contributed by atoms with Crippen molar-refractivity contribution >= 4 is 11.8 Å². The Labute approximate surface area is 149 Å². The molecule has 0 spiro atoms. The quantitative estimate of drug-likeness (QED) is 0.393. The van der Waals surface area contributed by atoms with Crippen molar-refractivity contribution in [3.63, 3.8) is 0 Å². The van der Waals surface area contributed by atoms with E-state index in [2.05, 4.69) is 0 Å². The molecule has 0 heterocycles. The zero-order valence-corrected chi connectivity index (χ0v) is 14.9. The SMILES string of the molecule is CC/C=C/C[C@H](O)C=C[C@H]1C(=O)C[C@H](O)[C@@H]1C/C=C/CCCC(=O)O. The molecule has 0 bridgehead atoms. The standard InChI is InChI=1S/C20H30O5/c1-2-3-6-9-15(21)12-13-17-16(18(22)14-19(17)23)10-7-4-5-8-11-20(24)25/h3-4,6-7,12-13,15-18,21-22H,2,5,8-11,14H2,1H3,(H,24,25)/b6-3+,7-4+,13-12?/t15-,16+,17+,18-/m0/s1. The minimum Gasteiger partial charge on any atom is -0.481 e. The monoisotopic (exact) mass is 350 g/mol. The van der Waals surface area contributed by atoms with Crippen LogP contribution < -0.4 is 0 Å². The highest BCUT2D eigenvalue weighted by Crippen LogP contribution is 2.33. The summed E-state index contributed by atoms with van der Waals surface area (Å²) in [6.45, 7) is 2.02. The molecular formula is C20H30O5. The van der Waals surface area contributed by atoms with Crippen molar-refractivity contribution in [3.8, 4) is 0 Å². The van der Waals surface area contributed by atoms with Gasteiger partial charge < -0.3 is 15.3 Å². The van der Waals surface area contributed by atoms with Crippen molar-refractivity contribution in [2.24, 2.45) is 11.8 Å². The van der Waals surface area contributed by atoms with Crippen LogP contribution >= 0.6 is 0 Å². The Balaban J connectivity index is 2.52. The number of carbonyl (C=O) groups excluding carboxylic acids is 1. The molecule has 0 aromatic carbocycles. The Hall–Kier alpha value is -1.72. The smallest absolute Gasteiger partial charge is 0.303 e. The molecule has 0 aromatic heterocycles. The van der Waals surface area contributed by atoms with E-state index in [0.29, 0.717) is 25.7 Å². The lowest BCUT2D eigenvalue weighted by Gasteiger charge is -2.17. The molecule has 25 heavy (non-hydrogen) atoms. The topological polar surface area (TPSA) is 94.8 Å². The van der Waals surface area contributed by atoms with Gasteiger partial charge in [0.05, 0.1) is 12.2 Å². The van der Waals surface area contributed by atoms with E-state index in [4.69, 9.17) is 5.11 Å². The van der Waals surface area contributed by atoms with Gasteiger partial charge in [0.1, 0.15) is 5.78 Å². The van der Waals surface area contributed by atoms with Gasteiger partial charge in [0.25, 0.3) is 0 Å². The molecule has 4 atom stereocenters. The summed E-state index contributed by atoms with van der Waals surface area (Å²) in [6.07, 6.45) is 13.4. The molecule has 1 aliphatic carbocycles. The van der Waals surface area contributed by atoms with Crippen LogP contribution in [-0.4, -0.2) is 39.3 Å². The van der Waals surface area contributed by atoms with E-state index in [-0.39, 0.29) is 30.5 Å². The lowest BCUT2D eigenvalue weighted by atomic mass is 9.90. The second-order valence-electron chi connectivity index (χ2n) is 6.49. The van der Waals surface area contributed by atoms with Gasteiger partial charge in [0.15, 0.2) is 0 Å². The number of hydrogen-bond acceptors (Lipinski definition) is 4. The molecule has 0 aromatic rings. The number of unbranched alkanes of at least 4 members (excludes halogenated alkanes) is 1. The number of aliphatic hydroxyl groups excluding tert-OH is 2. The molecule has 0 saturated heterocycles. The van der Waals surface area contributed by atoms with Crippen molar-refractivity contribution in [3.05, 3.63) is 36.5 Å². The minimum atomic E-state index is -0.803. The minimum absolute atomic E-state index is 0.00401. The molecule has 1 fully saturated rings. The van der Waals surface area contributed by atoms with Crippen molar-refractivity contribution in [2.45, 2.75) is 64.1 Å². The van der Waals surface area contributed by atoms with E-state index in [1.165, 1.54) is 0 Å². The van der Waals surface area contributed by atoms with Crippen LogP contribution in [0.25, 0.3) is 0 Å². The van der Waals surface area contributed by atoms with E-state index in [0.717, 1.165) is 6.42 Å². The largest absolute Gasteiger partial charge is 0.481 e. The Morgan fingerprint density at radius 3 is 2.72 bits per heavy atom. The zero-order chi connectivity index (χ0) is 18.7. The summed E-state index contributed by atoms with van der Waals surface area (Å²) < 4.78 is 0. The molecular weight excluding hydrogens is 320 g/mol. The summed E-state index contributed by atoms with van der Waals surface area (Å²) in [5.41, 5.74) is 0. The molecule has 5 nitrogen and oxygen atoms in total. The summed E-state index contributed by atoms with van der Waals surface area (Å²) in [4.78, 5) is 22.5. The number of hydrogen-bond donors (Lipinski definition) is 3. The molecule has 0 amide bonds. The fourth-order valence-electron chi connectivity index (χ4n) is 3.00. The molecule has 0 aliphatic heterocycles. The maximum Gasteiger partial charge on any atom is 0.303 e. The van der Waals surface area contributed by atoms with Gasteiger partial charge in [-0.25, -0.2) is 0 Å². The maximum absolute atomic E-state index is 12.1. The third kappa shape index (κ3) is 8.27. The first-order valence-electron chi connectivity index (χ1n) is 9.04. The highest BCUT2D eigenvalue weighted by Gasteiger charge is 2.39. The first-order chi connectivity index (χ1) is 12.0. The van der Waals surface area contributed by atoms with Crippen LogP contribution in [0.4, 0.5) is 0 Å². The number of Topliss-reactive ketones (excluding diaryl/α,β-unsaturated/α-hetero) is 1. The van der Waals surface area contributed by atoms with Crippen molar-refractivity contribution < 1.29 is 24.9 Å². The number of carboxylic acid groups (broad SMARTS) is 1. The van der Waals surface area contributed by atoms with Gasteiger partial charge in [-0.15, -0.1) is 0 Å². The van der Waals surface area contributed by atoms with Crippen LogP contribution in [0, 0.1) is 11.8 Å². The predicted octanol–water partition coefficient (Wildman–Crippen LogP) is 3.03. The number of rotatable bonds is 11. The third-order valence-electron chi connectivity index (χ3n) is 4.39. The van der Waals surface area contributed by atoms with Gasteiger partial charge in [0.2, 0.25) is 0 Å². The zero-order valence-electron chi connectivity index (χ0n) is 14.9. The summed E-state index contributed by atoms with van der Waals surface area (Å²) in [7, 11) is 0. The van der Waals surface area contributed by atoms with Crippen LogP contribution in [0.2, 0.25) is 0 Å². The summed E-state index contributed by atoms with van der Waals surface area (Å²) in [5.74, 6) is -1.35. The first-order valence-corrected chi connectivity index (χ1v) is 9.04. The normalized spacial score (nSPS) is 25.6. The van der Waals surface area contributed by atoms with Crippen LogP contribution in [0.5, 0.6) is 0 Å². The Bertz CT molecular complexity index is 506. The van der Waals surface area contributed by atoms with E-state index in [1.54, 1.807) is 12.2 Å². The number of aliphatic carboxylic acids is 1.